The largest absolute Gasteiger partial charge is 0.258 e. The second-order valence-corrected chi connectivity index (χ2v) is 2.80. The standard InChI is InChI=1S/C8H10N2/c1-6-8(7-2-3-7)10-5-4-9-6/h4-5,7H,2-3H2,1H3. The predicted molar refractivity (Wildman–Crippen MR) is 38.7 cm³/mol. The molecule has 52 valence electrons. The van der Waals surface area contributed by atoms with Crippen molar-refractivity contribution < 1.29 is 0 Å². The molecule has 10 heavy (non-hydrogen) atoms. The summed E-state index contributed by atoms with van der Waals surface area (Å²) in [5.74, 6) is 0.730. The molecule has 0 saturated heterocycles. The first kappa shape index (κ1) is 5.83. The summed E-state index contributed by atoms with van der Waals surface area (Å²) < 4.78 is 0. The van der Waals surface area contributed by atoms with Gasteiger partial charge in [-0.1, -0.05) is 0 Å². The summed E-state index contributed by atoms with van der Waals surface area (Å²) in [5, 5.41) is 0. The minimum atomic E-state index is 0.730. The Morgan fingerprint density at radius 3 is 2.60 bits per heavy atom. The monoisotopic (exact) mass is 134 g/mol. The van der Waals surface area contributed by atoms with Gasteiger partial charge in [-0.2, -0.15) is 0 Å². The van der Waals surface area contributed by atoms with E-state index in [4.69, 9.17) is 0 Å². The first-order valence-corrected chi connectivity index (χ1v) is 3.65. The minimum Gasteiger partial charge on any atom is -0.258 e. The first-order chi connectivity index (χ1) is 4.88. The highest BCUT2D eigenvalue weighted by Gasteiger charge is 2.26. The van der Waals surface area contributed by atoms with E-state index in [0.29, 0.717) is 0 Å². The van der Waals surface area contributed by atoms with Crippen molar-refractivity contribution in [2.75, 3.05) is 0 Å². The van der Waals surface area contributed by atoms with Crippen molar-refractivity contribution in [1.82, 2.24) is 9.97 Å². The molecule has 0 N–H and O–H groups in total. The molecule has 0 aliphatic heterocycles. The predicted octanol–water partition coefficient (Wildman–Crippen LogP) is 1.66. The number of rotatable bonds is 1. The Morgan fingerprint density at radius 2 is 2.00 bits per heavy atom. The van der Waals surface area contributed by atoms with Crippen LogP contribution in [0.5, 0.6) is 0 Å². The summed E-state index contributed by atoms with van der Waals surface area (Å²) in [7, 11) is 0. The smallest absolute Gasteiger partial charge is 0.0646 e. The zero-order valence-electron chi connectivity index (χ0n) is 6.04. The van der Waals surface area contributed by atoms with Crippen LogP contribution in [0.3, 0.4) is 0 Å². The van der Waals surface area contributed by atoms with Gasteiger partial charge in [-0.25, -0.2) is 0 Å². The third kappa shape index (κ3) is 0.897. The van der Waals surface area contributed by atoms with Crippen molar-refractivity contribution >= 4 is 0 Å². The van der Waals surface area contributed by atoms with Crippen LogP contribution in [0.15, 0.2) is 12.4 Å². The molecule has 0 spiro atoms. The van der Waals surface area contributed by atoms with E-state index < -0.39 is 0 Å². The Bertz CT molecular complexity index is 241. The van der Waals surface area contributed by atoms with Gasteiger partial charge in [-0.05, 0) is 19.8 Å². The third-order valence-corrected chi connectivity index (χ3v) is 1.88. The fourth-order valence-electron chi connectivity index (χ4n) is 1.18. The molecule has 0 bridgehead atoms. The Hall–Kier alpha value is -0.920. The van der Waals surface area contributed by atoms with Gasteiger partial charge in [0.2, 0.25) is 0 Å². The summed E-state index contributed by atoms with van der Waals surface area (Å²) >= 11 is 0. The van der Waals surface area contributed by atoms with Crippen molar-refractivity contribution in [3.8, 4) is 0 Å². The molecule has 1 fully saturated rings. The molecular formula is C8H10N2. The van der Waals surface area contributed by atoms with Gasteiger partial charge in [-0.15, -0.1) is 0 Å². The zero-order valence-corrected chi connectivity index (χ0v) is 6.04. The van der Waals surface area contributed by atoms with E-state index in [9.17, 15) is 0 Å². The number of aromatic nitrogens is 2. The van der Waals surface area contributed by atoms with Crippen LogP contribution in [0.4, 0.5) is 0 Å². The van der Waals surface area contributed by atoms with Crippen molar-refractivity contribution in [3.05, 3.63) is 23.8 Å². The summed E-state index contributed by atoms with van der Waals surface area (Å²) in [5.41, 5.74) is 2.31. The molecule has 0 unspecified atom stereocenters. The van der Waals surface area contributed by atoms with Gasteiger partial charge in [0.15, 0.2) is 0 Å². The lowest BCUT2D eigenvalue weighted by molar-refractivity contribution is 0.947. The molecule has 1 aliphatic carbocycles. The lowest BCUT2D eigenvalue weighted by atomic mass is 10.2. The van der Waals surface area contributed by atoms with Gasteiger partial charge in [-0.3, -0.25) is 9.97 Å². The van der Waals surface area contributed by atoms with Crippen LogP contribution in [0.2, 0.25) is 0 Å². The number of hydrogen-bond donors (Lipinski definition) is 0. The third-order valence-electron chi connectivity index (χ3n) is 1.88. The summed E-state index contributed by atoms with van der Waals surface area (Å²) in [6.45, 7) is 2.03. The molecule has 1 aromatic heterocycles. The van der Waals surface area contributed by atoms with Gasteiger partial charge in [0, 0.05) is 18.3 Å². The molecule has 0 aromatic carbocycles. The molecule has 1 saturated carbocycles. The SMILES string of the molecule is Cc1nccnc1C1CC1. The van der Waals surface area contributed by atoms with Crippen molar-refractivity contribution in [2.45, 2.75) is 25.7 Å². The van der Waals surface area contributed by atoms with Crippen LogP contribution in [0.1, 0.15) is 30.1 Å². The van der Waals surface area contributed by atoms with Gasteiger partial charge < -0.3 is 0 Å². The molecule has 1 aromatic rings. The fraction of sp³-hybridized carbons (Fsp3) is 0.500. The topological polar surface area (TPSA) is 25.8 Å². The highest BCUT2D eigenvalue weighted by Crippen LogP contribution is 2.39. The van der Waals surface area contributed by atoms with Gasteiger partial charge in [0.1, 0.15) is 0 Å². The van der Waals surface area contributed by atoms with Crippen molar-refractivity contribution in [3.63, 3.8) is 0 Å². The van der Waals surface area contributed by atoms with E-state index in [1.54, 1.807) is 12.4 Å². The maximum Gasteiger partial charge on any atom is 0.0646 e. The molecule has 2 nitrogen and oxygen atoms in total. The Labute approximate surface area is 60.3 Å². The first-order valence-electron chi connectivity index (χ1n) is 3.65. The van der Waals surface area contributed by atoms with Crippen LogP contribution in [-0.2, 0) is 0 Å². The zero-order chi connectivity index (χ0) is 6.97. The summed E-state index contributed by atoms with van der Waals surface area (Å²) in [6, 6.07) is 0. The van der Waals surface area contributed by atoms with Crippen molar-refractivity contribution in [2.24, 2.45) is 0 Å². The van der Waals surface area contributed by atoms with E-state index in [1.807, 2.05) is 6.92 Å². The summed E-state index contributed by atoms with van der Waals surface area (Å²) in [6.07, 6.45) is 6.14. The normalized spacial score (nSPS) is 17.3. The summed E-state index contributed by atoms with van der Waals surface area (Å²) in [4.78, 5) is 8.46. The van der Waals surface area contributed by atoms with Crippen LogP contribution in [0, 0.1) is 6.92 Å². The molecule has 0 radical (unpaired) electrons. The second kappa shape index (κ2) is 2.04. The van der Waals surface area contributed by atoms with E-state index in [2.05, 4.69) is 9.97 Å². The lowest BCUT2D eigenvalue weighted by Gasteiger charge is -1.98. The number of hydrogen-bond acceptors (Lipinski definition) is 2. The Morgan fingerprint density at radius 1 is 1.30 bits per heavy atom. The van der Waals surface area contributed by atoms with E-state index in [-0.39, 0.29) is 0 Å². The van der Waals surface area contributed by atoms with Crippen molar-refractivity contribution in [1.29, 1.82) is 0 Å². The molecule has 0 amide bonds. The average molecular weight is 134 g/mol. The fourth-order valence-corrected chi connectivity index (χ4v) is 1.18. The highest BCUT2D eigenvalue weighted by molar-refractivity contribution is 5.18. The van der Waals surface area contributed by atoms with Gasteiger partial charge in [0.25, 0.3) is 0 Å². The maximum absolute atomic E-state index is 4.28. The van der Waals surface area contributed by atoms with Crippen LogP contribution in [-0.4, -0.2) is 9.97 Å². The number of nitrogens with zero attached hydrogens (tertiary/aromatic N) is 2. The molecule has 2 heteroatoms. The second-order valence-electron chi connectivity index (χ2n) is 2.80. The minimum absolute atomic E-state index is 0.730. The highest BCUT2D eigenvalue weighted by atomic mass is 14.8. The van der Waals surface area contributed by atoms with E-state index >= 15 is 0 Å². The molecule has 1 aliphatic rings. The maximum atomic E-state index is 4.28. The van der Waals surface area contributed by atoms with Crippen LogP contribution < -0.4 is 0 Å². The van der Waals surface area contributed by atoms with Crippen LogP contribution >= 0.6 is 0 Å². The quantitative estimate of drug-likeness (QED) is 0.583. The Kier molecular flexibility index (Phi) is 1.19. The molecular weight excluding hydrogens is 124 g/mol. The molecule has 2 rings (SSSR count). The van der Waals surface area contributed by atoms with E-state index in [0.717, 1.165) is 11.6 Å². The van der Waals surface area contributed by atoms with Crippen LogP contribution in [0.25, 0.3) is 0 Å². The van der Waals surface area contributed by atoms with E-state index in [1.165, 1.54) is 18.5 Å². The molecule has 1 heterocycles. The van der Waals surface area contributed by atoms with Gasteiger partial charge in [0.05, 0.1) is 11.4 Å². The molecule has 0 atom stereocenters. The number of aryl methyl sites for hydroxylation is 1. The van der Waals surface area contributed by atoms with Gasteiger partial charge >= 0.3 is 0 Å². The average Bonchev–Trinajstić information content (AvgIpc) is 2.71. The lowest BCUT2D eigenvalue weighted by Crippen LogP contribution is -1.92. The Balaban J connectivity index is 2.39.